The van der Waals surface area contributed by atoms with Gasteiger partial charge in [0.05, 0.1) is 7.11 Å². The van der Waals surface area contributed by atoms with E-state index >= 15 is 0 Å². The molecule has 0 spiro atoms. The molecule has 0 saturated heterocycles. The summed E-state index contributed by atoms with van der Waals surface area (Å²) in [6.45, 7) is 0.149. The van der Waals surface area contributed by atoms with Crippen LogP contribution in [0.15, 0.2) is 48.6 Å². The van der Waals surface area contributed by atoms with Gasteiger partial charge < -0.3 is 14.6 Å². The Morgan fingerprint density at radius 3 is 2.37 bits per heavy atom. The average Bonchev–Trinajstić information content (AvgIpc) is 2.41. The molecule has 100 valence electrons. The number of hydrogen-bond donors (Lipinski definition) is 1. The molecule has 0 fully saturated rings. The Labute approximate surface area is 110 Å². The maximum absolute atomic E-state index is 11.3. The average molecular weight is 262 g/mol. The highest BCUT2D eigenvalue weighted by Crippen LogP contribution is 2.11. The minimum atomic E-state index is -1.07. The number of benzene rings is 1. The van der Waals surface area contributed by atoms with Gasteiger partial charge >= 0.3 is 11.9 Å². The zero-order valence-electron chi connectivity index (χ0n) is 10.4. The maximum Gasteiger partial charge on any atom is 0.331 e. The number of carboxylic acid groups (broad SMARTS) is 1. The number of aliphatic carboxylic acids is 1. The molecule has 0 heterocycles. The predicted octanol–water partition coefficient (Wildman–Crippen LogP) is 1.94. The fourth-order valence-electron chi connectivity index (χ4n) is 1.20. The molecule has 1 rings (SSSR count). The molecule has 0 saturated carbocycles. The first-order valence-electron chi connectivity index (χ1n) is 5.49. The minimum Gasteiger partial charge on any atom is -0.497 e. The number of methoxy groups -OCH3 is 1. The molecule has 0 aromatic heterocycles. The molecule has 0 aliphatic heterocycles. The minimum absolute atomic E-state index is 0.149. The number of hydrogen-bond acceptors (Lipinski definition) is 4. The SMILES string of the molecule is COc1ccc(COC(=O)/C=C/C=C\C(=O)O)cc1. The second kappa shape index (κ2) is 7.71. The summed E-state index contributed by atoms with van der Waals surface area (Å²) in [5.41, 5.74) is 0.837. The van der Waals surface area contributed by atoms with E-state index < -0.39 is 11.9 Å². The van der Waals surface area contributed by atoms with E-state index in [1.807, 2.05) is 0 Å². The molecule has 0 bridgehead atoms. The molecule has 1 N–H and O–H groups in total. The molecule has 0 aliphatic carbocycles. The molecule has 1 aromatic carbocycles. The highest BCUT2D eigenvalue weighted by molar-refractivity contribution is 5.83. The first-order chi connectivity index (χ1) is 9.11. The molecule has 5 nitrogen and oxygen atoms in total. The Morgan fingerprint density at radius 1 is 1.16 bits per heavy atom. The molecule has 1 aromatic rings. The van der Waals surface area contributed by atoms with Crippen LogP contribution in [-0.2, 0) is 20.9 Å². The smallest absolute Gasteiger partial charge is 0.331 e. The van der Waals surface area contributed by atoms with Crippen LogP contribution in [0.1, 0.15) is 5.56 Å². The predicted molar refractivity (Wildman–Crippen MR) is 68.7 cm³/mol. The van der Waals surface area contributed by atoms with Crippen LogP contribution in [0.4, 0.5) is 0 Å². The summed E-state index contributed by atoms with van der Waals surface area (Å²) >= 11 is 0. The number of carbonyl (C=O) groups is 2. The number of carbonyl (C=O) groups excluding carboxylic acids is 1. The van der Waals surface area contributed by atoms with Crippen LogP contribution in [0.5, 0.6) is 5.75 Å². The van der Waals surface area contributed by atoms with Crippen LogP contribution in [0.2, 0.25) is 0 Å². The highest BCUT2D eigenvalue weighted by Gasteiger charge is 1.98. The van der Waals surface area contributed by atoms with Crippen LogP contribution < -0.4 is 4.74 Å². The first-order valence-corrected chi connectivity index (χ1v) is 5.49. The zero-order valence-corrected chi connectivity index (χ0v) is 10.4. The van der Waals surface area contributed by atoms with E-state index in [9.17, 15) is 9.59 Å². The van der Waals surface area contributed by atoms with Gasteiger partial charge in [-0.15, -0.1) is 0 Å². The lowest BCUT2D eigenvalue weighted by molar-refractivity contribution is -0.139. The van der Waals surface area contributed by atoms with E-state index in [2.05, 4.69) is 0 Å². The van der Waals surface area contributed by atoms with Crippen LogP contribution in [0.3, 0.4) is 0 Å². The summed E-state index contributed by atoms with van der Waals surface area (Å²) in [4.78, 5) is 21.4. The van der Waals surface area contributed by atoms with Gasteiger partial charge in [-0.3, -0.25) is 0 Å². The second-order valence-corrected chi connectivity index (χ2v) is 3.51. The van der Waals surface area contributed by atoms with Crippen molar-refractivity contribution in [2.75, 3.05) is 7.11 Å². The Bertz CT molecular complexity index is 485. The summed E-state index contributed by atoms with van der Waals surface area (Å²) in [7, 11) is 1.57. The molecule has 0 radical (unpaired) electrons. The van der Waals surface area contributed by atoms with Crippen LogP contribution in [-0.4, -0.2) is 24.2 Å². The largest absolute Gasteiger partial charge is 0.497 e. The van der Waals surface area contributed by atoms with Crippen LogP contribution in [0.25, 0.3) is 0 Å². The van der Waals surface area contributed by atoms with Gasteiger partial charge in [0, 0.05) is 12.2 Å². The summed E-state index contributed by atoms with van der Waals surface area (Å²) in [6.07, 6.45) is 4.64. The van der Waals surface area contributed by atoms with Gasteiger partial charge in [-0.2, -0.15) is 0 Å². The number of ether oxygens (including phenoxy) is 2. The standard InChI is InChI=1S/C14H14O5/c1-18-12-8-6-11(7-9-12)10-19-14(17)5-3-2-4-13(15)16/h2-9H,10H2,1H3,(H,15,16)/b4-2-,5-3+. The number of rotatable bonds is 6. The number of carboxylic acids is 1. The van der Waals surface area contributed by atoms with E-state index in [0.29, 0.717) is 0 Å². The Kier molecular flexibility index (Phi) is 5.88. The molecular formula is C14H14O5. The zero-order chi connectivity index (χ0) is 14.1. The lowest BCUT2D eigenvalue weighted by Gasteiger charge is -2.03. The van der Waals surface area contributed by atoms with Crippen molar-refractivity contribution in [1.29, 1.82) is 0 Å². The van der Waals surface area contributed by atoms with Crippen molar-refractivity contribution in [3.63, 3.8) is 0 Å². The normalized spacial score (nSPS) is 10.8. The molecule has 0 atom stereocenters. The van der Waals surface area contributed by atoms with Gasteiger partial charge in [-0.1, -0.05) is 24.3 Å². The Hall–Kier alpha value is -2.56. The molecular weight excluding hydrogens is 248 g/mol. The van der Waals surface area contributed by atoms with Crippen molar-refractivity contribution in [2.24, 2.45) is 0 Å². The van der Waals surface area contributed by atoms with Gasteiger partial charge in [0.15, 0.2) is 0 Å². The van der Waals surface area contributed by atoms with Gasteiger partial charge in [0.1, 0.15) is 12.4 Å². The van der Waals surface area contributed by atoms with E-state index in [-0.39, 0.29) is 6.61 Å². The van der Waals surface area contributed by atoms with E-state index in [1.165, 1.54) is 12.2 Å². The molecule has 19 heavy (non-hydrogen) atoms. The molecule has 0 amide bonds. The van der Waals surface area contributed by atoms with Crippen molar-refractivity contribution in [3.05, 3.63) is 54.1 Å². The summed E-state index contributed by atoms with van der Waals surface area (Å²) in [6, 6.07) is 7.13. The maximum atomic E-state index is 11.3. The van der Waals surface area contributed by atoms with Crippen molar-refractivity contribution < 1.29 is 24.2 Å². The number of esters is 1. The topological polar surface area (TPSA) is 72.8 Å². The van der Waals surface area contributed by atoms with Gasteiger partial charge in [-0.05, 0) is 17.7 Å². The van der Waals surface area contributed by atoms with Crippen molar-refractivity contribution in [3.8, 4) is 5.75 Å². The lowest BCUT2D eigenvalue weighted by Crippen LogP contribution is -2.00. The highest BCUT2D eigenvalue weighted by atomic mass is 16.5. The van der Waals surface area contributed by atoms with Crippen molar-refractivity contribution in [2.45, 2.75) is 6.61 Å². The van der Waals surface area contributed by atoms with Crippen LogP contribution >= 0.6 is 0 Å². The third-order valence-corrected chi connectivity index (χ3v) is 2.12. The third kappa shape index (κ3) is 6.07. The second-order valence-electron chi connectivity index (χ2n) is 3.51. The van der Waals surface area contributed by atoms with Crippen molar-refractivity contribution >= 4 is 11.9 Å². The third-order valence-electron chi connectivity index (χ3n) is 2.12. The first kappa shape index (κ1) is 14.5. The molecule has 0 aliphatic rings. The van der Waals surface area contributed by atoms with Gasteiger partial charge in [0.2, 0.25) is 0 Å². The summed E-state index contributed by atoms with van der Waals surface area (Å²) < 4.78 is 9.97. The Morgan fingerprint density at radius 2 is 1.79 bits per heavy atom. The molecule has 0 unspecified atom stereocenters. The van der Waals surface area contributed by atoms with Gasteiger partial charge in [-0.25, -0.2) is 9.59 Å². The monoisotopic (exact) mass is 262 g/mol. The summed E-state index contributed by atoms with van der Waals surface area (Å²) in [5.74, 6) is -0.879. The van der Waals surface area contributed by atoms with E-state index in [0.717, 1.165) is 23.5 Å². The van der Waals surface area contributed by atoms with Crippen LogP contribution in [0, 0.1) is 0 Å². The fourth-order valence-corrected chi connectivity index (χ4v) is 1.20. The Balaban J connectivity index is 2.39. The number of allylic oxidation sites excluding steroid dienone is 2. The quantitative estimate of drug-likeness (QED) is 0.482. The van der Waals surface area contributed by atoms with E-state index in [1.54, 1.807) is 31.4 Å². The fraction of sp³-hybridized carbons (Fsp3) is 0.143. The van der Waals surface area contributed by atoms with Crippen molar-refractivity contribution in [1.82, 2.24) is 0 Å². The van der Waals surface area contributed by atoms with Gasteiger partial charge in [0.25, 0.3) is 0 Å². The summed E-state index contributed by atoms with van der Waals surface area (Å²) in [5, 5.41) is 8.33. The lowest BCUT2D eigenvalue weighted by atomic mass is 10.2. The van der Waals surface area contributed by atoms with E-state index in [4.69, 9.17) is 14.6 Å². The molecule has 5 heteroatoms.